The van der Waals surface area contributed by atoms with Crippen molar-refractivity contribution < 1.29 is 13.2 Å². The summed E-state index contributed by atoms with van der Waals surface area (Å²) in [5.74, 6) is 0. The van der Waals surface area contributed by atoms with Crippen molar-refractivity contribution in [3.05, 3.63) is 34.9 Å². The average molecular weight is 315 g/mol. The van der Waals surface area contributed by atoms with Crippen molar-refractivity contribution in [2.24, 2.45) is 0 Å². The van der Waals surface area contributed by atoms with Crippen molar-refractivity contribution in [1.29, 1.82) is 0 Å². The Morgan fingerprint density at radius 2 is 1.84 bits per heavy atom. The van der Waals surface area contributed by atoms with Crippen LogP contribution in [0.4, 0.5) is 13.2 Å². The van der Waals surface area contributed by atoms with Crippen LogP contribution < -0.4 is 5.32 Å². The molecular formula is C12H15Cl2F3N2. The zero-order valence-corrected chi connectivity index (χ0v) is 11.7. The molecule has 1 aromatic rings. The zero-order chi connectivity index (χ0) is 13.2. The maximum absolute atomic E-state index is 13.2. The molecular weight excluding hydrogens is 300 g/mol. The van der Waals surface area contributed by atoms with E-state index in [1.54, 1.807) is 12.1 Å². The minimum absolute atomic E-state index is 0. The molecule has 7 heteroatoms. The third kappa shape index (κ3) is 4.24. The number of piperazine rings is 1. The highest BCUT2D eigenvalue weighted by atomic mass is 35.5. The van der Waals surface area contributed by atoms with E-state index in [0.717, 1.165) is 0 Å². The normalized spacial score (nSPS) is 18.7. The Hall–Kier alpha value is -0.490. The van der Waals surface area contributed by atoms with Crippen LogP contribution in [-0.4, -0.2) is 37.3 Å². The maximum Gasteiger partial charge on any atom is 0.408 e. The van der Waals surface area contributed by atoms with E-state index in [9.17, 15) is 13.2 Å². The smallest absolute Gasteiger partial charge is 0.314 e. The van der Waals surface area contributed by atoms with E-state index in [1.165, 1.54) is 17.0 Å². The van der Waals surface area contributed by atoms with Crippen LogP contribution in [-0.2, 0) is 0 Å². The topological polar surface area (TPSA) is 15.3 Å². The molecule has 1 saturated heterocycles. The summed E-state index contributed by atoms with van der Waals surface area (Å²) < 4.78 is 39.7. The van der Waals surface area contributed by atoms with Gasteiger partial charge in [-0.2, -0.15) is 13.2 Å². The van der Waals surface area contributed by atoms with Crippen LogP contribution in [0.15, 0.2) is 24.3 Å². The number of nitrogens with zero attached hydrogens (tertiary/aromatic N) is 1. The Kier molecular flexibility index (Phi) is 5.92. The number of hydrogen-bond donors (Lipinski definition) is 1. The molecule has 1 aliphatic heterocycles. The molecule has 1 fully saturated rings. The van der Waals surface area contributed by atoms with Gasteiger partial charge in [0.2, 0.25) is 0 Å². The molecule has 0 saturated carbocycles. The molecule has 0 unspecified atom stereocenters. The highest BCUT2D eigenvalue weighted by Crippen LogP contribution is 2.38. The molecule has 1 aromatic carbocycles. The van der Waals surface area contributed by atoms with Crippen molar-refractivity contribution in [3.63, 3.8) is 0 Å². The van der Waals surface area contributed by atoms with Crippen molar-refractivity contribution in [3.8, 4) is 0 Å². The summed E-state index contributed by atoms with van der Waals surface area (Å²) >= 11 is 5.78. The fourth-order valence-corrected chi connectivity index (χ4v) is 2.42. The largest absolute Gasteiger partial charge is 0.408 e. The molecule has 0 aliphatic carbocycles. The molecule has 1 N–H and O–H groups in total. The molecule has 2 rings (SSSR count). The summed E-state index contributed by atoms with van der Waals surface area (Å²) in [6.07, 6.45) is -4.29. The summed E-state index contributed by atoms with van der Waals surface area (Å²) in [7, 11) is 0. The SMILES string of the molecule is Cl.FC(F)(F)[C@H](c1cccc(Cl)c1)N1CCNCC1. The minimum Gasteiger partial charge on any atom is -0.314 e. The predicted octanol–water partition coefficient (Wildman–Crippen LogP) is 3.27. The van der Waals surface area contributed by atoms with Gasteiger partial charge >= 0.3 is 6.18 Å². The second-order valence-corrected chi connectivity index (χ2v) is 4.72. The molecule has 0 amide bonds. The van der Waals surface area contributed by atoms with Gasteiger partial charge in [-0.15, -0.1) is 12.4 Å². The molecule has 19 heavy (non-hydrogen) atoms. The Balaban J connectivity index is 0.00000180. The Morgan fingerprint density at radius 3 is 2.37 bits per heavy atom. The van der Waals surface area contributed by atoms with Crippen LogP contribution in [0.2, 0.25) is 5.02 Å². The van der Waals surface area contributed by atoms with Gasteiger partial charge in [-0.3, -0.25) is 4.90 Å². The summed E-state index contributed by atoms with van der Waals surface area (Å²) in [6.45, 7) is 1.92. The Labute approximate surface area is 121 Å². The van der Waals surface area contributed by atoms with Crippen LogP contribution in [0.25, 0.3) is 0 Å². The van der Waals surface area contributed by atoms with Crippen molar-refractivity contribution >= 4 is 24.0 Å². The zero-order valence-electron chi connectivity index (χ0n) is 10.1. The fourth-order valence-electron chi connectivity index (χ4n) is 2.22. The molecule has 108 valence electrons. The fraction of sp³-hybridized carbons (Fsp3) is 0.500. The predicted molar refractivity (Wildman–Crippen MR) is 71.9 cm³/mol. The van der Waals surface area contributed by atoms with Gasteiger partial charge in [0.1, 0.15) is 6.04 Å². The van der Waals surface area contributed by atoms with Crippen LogP contribution in [0.3, 0.4) is 0 Å². The maximum atomic E-state index is 13.2. The first kappa shape index (κ1) is 16.6. The van der Waals surface area contributed by atoms with E-state index in [2.05, 4.69) is 5.32 Å². The highest BCUT2D eigenvalue weighted by Gasteiger charge is 2.44. The standard InChI is InChI=1S/C12H14ClF3N2.ClH/c13-10-3-1-2-9(8-10)11(12(14,15)16)18-6-4-17-5-7-18;/h1-3,8,11,17H,4-7H2;1H/t11-;/m0./s1. The first-order chi connectivity index (χ1) is 8.48. The number of alkyl halides is 3. The third-order valence-corrected chi connectivity index (χ3v) is 3.23. The number of hydrogen-bond acceptors (Lipinski definition) is 2. The Morgan fingerprint density at radius 1 is 1.21 bits per heavy atom. The Bertz CT molecular complexity index is 406. The van der Waals surface area contributed by atoms with Crippen molar-refractivity contribution in [2.75, 3.05) is 26.2 Å². The summed E-state index contributed by atoms with van der Waals surface area (Å²) in [5, 5.41) is 3.38. The molecule has 1 aliphatic rings. The number of nitrogens with one attached hydrogen (secondary N) is 1. The lowest BCUT2D eigenvalue weighted by molar-refractivity contribution is -0.187. The minimum atomic E-state index is -4.29. The lowest BCUT2D eigenvalue weighted by Gasteiger charge is -2.36. The van der Waals surface area contributed by atoms with Gasteiger partial charge in [-0.25, -0.2) is 0 Å². The van der Waals surface area contributed by atoms with Crippen LogP contribution >= 0.6 is 24.0 Å². The van der Waals surface area contributed by atoms with Crippen LogP contribution in [0.1, 0.15) is 11.6 Å². The molecule has 0 bridgehead atoms. The molecule has 0 aromatic heterocycles. The summed E-state index contributed by atoms with van der Waals surface area (Å²) in [4.78, 5) is 1.45. The van der Waals surface area contributed by atoms with E-state index in [4.69, 9.17) is 11.6 Å². The van der Waals surface area contributed by atoms with E-state index in [0.29, 0.717) is 31.2 Å². The van der Waals surface area contributed by atoms with Gasteiger partial charge in [0.25, 0.3) is 0 Å². The van der Waals surface area contributed by atoms with Crippen molar-refractivity contribution in [1.82, 2.24) is 10.2 Å². The van der Waals surface area contributed by atoms with Gasteiger partial charge in [0, 0.05) is 31.2 Å². The van der Waals surface area contributed by atoms with E-state index >= 15 is 0 Å². The molecule has 2 nitrogen and oxygen atoms in total. The summed E-state index contributed by atoms with van der Waals surface area (Å²) in [5.41, 5.74) is 0.205. The average Bonchev–Trinajstić information content (AvgIpc) is 2.28. The molecule has 0 spiro atoms. The van der Waals surface area contributed by atoms with Gasteiger partial charge in [-0.1, -0.05) is 23.7 Å². The molecule has 1 heterocycles. The van der Waals surface area contributed by atoms with Crippen LogP contribution in [0.5, 0.6) is 0 Å². The third-order valence-electron chi connectivity index (χ3n) is 2.99. The first-order valence-corrected chi connectivity index (χ1v) is 6.13. The number of rotatable bonds is 2. The monoisotopic (exact) mass is 314 g/mol. The molecule has 0 radical (unpaired) electrons. The number of benzene rings is 1. The van der Waals surface area contributed by atoms with Gasteiger partial charge in [0.15, 0.2) is 0 Å². The summed E-state index contributed by atoms with van der Waals surface area (Å²) in [6, 6.07) is 4.43. The van der Waals surface area contributed by atoms with E-state index in [1.807, 2.05) is 0 Å². The lowest BCUT2D eigenvalue weighted by atomic mass is 10.0. The highest BCUT2D eigenvalue weighted by molar-refractivity contribution is 6.30. The van der Waals surface area contributed by atoms with Gasteiger partial charge in [0.05, 0.1) is 0 Å². The van der Waals surface area contributed by atoms with E-state index in [-0.39, 0.29) is 18.0 Å². The first-order valence-electron chi connectivity index (χ1n) is 5.75. The van der Waals surface area contributed by atoms with Crippen LogP contribution in [0, 0.1) is 0 Å². The van der Waals surface area contributed by atoms with Gasteiger partial charge in [-0.05, 0) is 17.7 Å². The number of halogens is 5. The van der Waals surface area contributed by atoms with E-state index < -0.39 is 12.2 Å². The second kappa shape index (κ2) is 6.79. The second-order valence-electron chi connectivity index (χ2n) is 4.29. The van der Waals surface area contributed by atoms with Crippen molar-refractivity contribution in [2.45, 2.75) is 12.2 Å². The molecule has 1 atom stereocenters. The quantitative estimate of drug-likeness (QED) is 0.901. The lowest BCUT2D eigenvalue weighted by Crippen LogP contribution is -2.49. The van der Waals surface area contributed by atoms with Gasteiger partial charge < -0.3 is 5.32 Å².